The van der Waals surface area contributed by atoms with Crippen LogP contribution in [0.25, 0.3) is 11.0 Å². The molecule has 6 nitrogen and oxygen atoms in total. The average molecular weight is 526 g/mol. The van der Waals surface area contributed by atoms with Crippen LogP contribution in [0.4, 0.5) is 5.69 Å². The second-order valence-corrected chi connectivity index (χ2v) is 10.7. The first-order valence-corrected chi connectivity index (χ1v) is 13.6. The normalized spacial score (nSPS) is 14.8. The maximum Gasteiger partial charge on any atom is 0.295 e. The standard InChI is InChI=1S/C33H35NO5/c1-7-37-28-18-23(10-13-26(28)38-15-14-19(2)3)30-29-31(35)25-16-21(5)22(6)17-27(25)39-32(29)33(36)34(30)24-11-8-20(4)9-12-24/h8-13,16-19,30H,7,14-15H2,1-6H3. The topological polar surface area (TPSA) is 69.0 Å². The molecule has 0 bridgehead atoms. The molecule has 39 heavy (non-hydrogen) atoms. The molecule has 0 fully saturated rings. The molecule has 0 spiro atoms. The van der Waals surface area contributed by atoms with Crippen LogP contribution < -0.4 is 19.8 Å². The summed E-state index contributed by atoms with van der Waals surface area (Å²) in [5.74, 6) is 1.48. The molecule has 0 aliphatic carbocycles. The number of hydrogen-bond acceptors (Lipinski definition) is 5. The number of aryl methyl sites for hydroxylation is 3. The molecule has 1 amide bonds. The number of amides is 1. The first kappa shape index (κ1) is 26.5. The van der Waals surface area contributed by atoms with Crippen LogP contribution in [0.2, 0.25) is 0 Å². The summed E-state index contributed by atoms with van der Waals surface area (Å²) in [5.41, 5.74) is 5.07. The minimum atomic E-state index is -0.679. The van der Waals surface area contributed by atoms with E-state index in [1.807, 2.05) is 82.3 Å². The third-order valence-corrected chi connectivity index (χ3v) is 7.33. The Morgan fingerprint density at radius 3 is 2.31 bits per heavy atom. The van der Waals surface area contributed by atoms with E-state index < -0.39 is 6.04 Å². The van der Waals surface area contributed by atoms with E-state index >= 15 is 0 Å². The smallest absolute Gasteiger partial charge is 0.295 e. The molecule has 0 N–H and O–H groups in total. The van der Waals surface area contributed by atoms with Gasteiger partial charge in [-0.25, -0.2) is 0 Å². The van der Waals surface area contributed by atoms with Crippen molar-refractivity contribution in [1.82, 2.24) is 0 Å². The van der Waals surface area contributed by atoms with Crippen molar-refractivity contribution in [2.24, 2.45) is 5.92 Å². The summed E-state index contributed by atoms with van der Waals surface area (Å²) in [6, 6.07) is 16.4. The molecule has 202 valence electrons. The van der Waals surface area contributed by atoms with Crippen molar-refractivity contribution in [3.63, 3.8) is 0 Å². The number of nitrogens with zero attached hydrogens (tertiary/aromatic N) is 1. The Labute approximate surface area is 229 Å². The number of benzene rings is 3. The van der Waals surface area contributed by atoms with Gasteiger partial charge in [0, 0.05) is 5.69 Å². The van der Waals surface area contributed by atoms with Crippen molar-refractivity contribution in [2.75, 3.05) is 18.1 Å². The fraction of sp³-hybridized carbons (Fsp3) is 0.333. The molecule has 5 rings (SSSR count). The lowest BCUT2D eigenvalue weighted by Gasteiger charge is -2.26. The van der Waals surface area contributed by atoms with Crippen LogP contribution in [0.5, 0.6) is 11.5 Å². The third kappa shape index (κ3) is 4.91. The first-order chi connectivity index (χ1) is 18.7. The van der Waals surface area contributed by atoms with E-state index in [1.54, 1.807) is 4.90 Å². The van der Waals surface area contributed by atoms with Gasteiger partial charge in [-0.15, -0.1) is 0 Å². The quantitative estimate of drug-likeness (QED) is 0.242. The summed E-state index contributed by atoms with van der Waals surface area (Å²) in [6.07, 6.45) is 0.923. The molecular weight excluding hydrogens is 490 g/mol. The minimum Gasteiger partial charge on any atom is -0.490 e. The van der Waals surface area contributed by atoms with Gasteiger partial charge in [0.05, 0.1) is 30.2 Å². The van der Waals surface area contributed by atoms with Crippen LogP contribution in [-0.2, 0) is 0 Å². The Balaban J connectivity index is 1.70. The van der Waals surface area contributed by atoms with Crippen molar-refractivity contribution in [3.8, 4) is 11.5 Å². The monoisotopic (exact) mass is 525 g/mol. The number of anilines is 1. The predicted molar refractivity (Wildman–Crippen MR) is 154 cm³/mol. The Kier molecular flexibility index (Phi) is 7.21. The molecule has 0 saturated heterocycles. The largest absolute Gasteiger partial charge is 0.490 e. The van der Waals surface area contributed by atoms with Crippen LogP contribution in [0, 0.1) is 26.7 Å². The van der Waals surface area contributed by atoms with Crippen LogP contribution in [0.15, 0.2) is 63.8 Å². The molecule has 4 aromatic rings. The first-order valence-electron chi connectivity index (χ1n) is 13.6. The van der Waals surface area contributed by atoms with E-state index in [1.165, 1.54) is 0 Å². The van der Waals surface area contributed by atoms with Gasteiger partial charge in [-0.2, -0.15) is 0 Å². The van der Waals surface area contributed by atoms with Gasteiger partial charge >= 0.3 is 0 Å². The highest BCUT2D eigenvalue weighted by Gasteiger charge is 2.44. The lowest BCUT2D eigenvalue weighted by atomic mass is 9.96. The van der Waals surface area contributed by atoms with Crippen molar-refractivity contribution >= 4 is 22.6 Å². The molecule has 1 aromatic heterocycles. The molecule has 1 unspecified atom stereocenters. The summed E-state index contributed by atoms with van der Waals surface area (Å²) in [6.45, 7) is 13.2. The second kappa shape index (κ2) is 10.6. The zero-order valence-corrected chi connectivity index (χ0v) is 23.5. The number of hydrogen-bond donors (Lipinski definition) is 0. The van der Waals surface area contributed by atoms with Gasteiger partial charge in [0.25, 0.3) is 5.91 Å². The van der Waals surface area contributed by atoms with E-state index in [2.05, 4.69) is 13.8 Å². The zero-order chi connectivity index (χ0) is 27.8. The van der Waals surface area contributed by atoms with E-state index in [0.29, 0.717) is 52.9 Å². The van der Waals surface area contributed by atoms with E-state index in [9.17, 15) is 9.59 Å². The van der Waals surface area contributed by atoms with Crippen molar-refractivity contribution in [2.45, 2.75) is 54.0 Å². The van der Waals surface area contributed by atoms with Crippen LogP contribution in [-0.4, -0.2) is 19.1 Å². The summed E-state index contributed by atoms with van der Waals surface area (Å²) in [5, 5.41) is 0.471. The Morgan fingerprint density at radius 2 is 1.62 bits per heavy atom. The fourth-order valence-corrected chi connectivity index (χ4v) is 5.00. The second-order valence-electron chi connectivity index (χ2n) is 10.7. The maximum absolute atomic E-state index is 14.0. The minimum absolute atomic E-state index is 0.0801. The Bertz CT molecular complexity index is 1600. The van der Waals surface area contributed by atoms with Gasteiger partial charge in [0.2, 0.25) is 5.76 Å². The molecule has 2 heterocycles. The summed E-state index contributed by atoms with van der Waals surface area (Å²) < 4.78 is 18.2. The van der Waals surface area contributed by atoms with Crippen molar-refractivity contribution < 1.29 is 18.7 Å². The van der Waals surface area contributed by atoms with E-state index in [-0.39, 0.29) is 17.1 Å². The van der Waals surface area contributed by atoms with Crippen LogP contribution >= 0.6 is 0 Å². The molecule has 6 heteroatoms. The number of carbonyl (C=O) groups excluding carboxylic acids is 1. The Morgan fingerprint density at radius 1 is 0.897 bits per heavy atom. The summed E-state index contributed by atoms with van der Waals surface area (Å²) in [7, 11) is 0. The van der Waals surface area contributed by atoms with Gasteiger partial charge < -0.3 is 13.9 Å². The highest BCUT2D eigenvalue weighted by molar-refractivity contribution is 6.10. The number of carbonyl (C=O) groups is 1. The lowest BCUT2D eigenvalue weighted by Crippen LogP contribution is -2.29. The molecule has 0 saturated carbocycles. The molecule has 1 atom stereocenters. The fourth-order valence-electron chi connectivity index (χ4n) is 5.00. The van der Waals surface area contributed by atoms with Crippen LogP contribution in [0.3, 0.4) is 0 Å². The van der Waals surface area contributed by atoms with Gasteiger partial charge in [0.1, 0.15) is 5.58 Å². The maximum atomic E-state index is 14.0. The third-order valence-electron chi connectivity index (χ3n) is 7.33. The highest BCUT2D eigenvalue weighted by Crippen LogP contribution is 2.43. The van der Waals surface area contributed by atoms with Crippen molar-refractivity contribution in [1.29, 1.82) is 0 Å². The summed E-state index contributed by atoms with van der Waals surface area (Å²) in [4.78, 5) is 29.6. The predicted octanol–water partition coefficient (Wildman–Crippen LogP) is 7.29. The molecule has 1 aliphatic rings. The number of ether oxygens (including phenoxy) is 2. The lowest BCUT2D eigenvalue weighted by molar-refractivity contribution is 0.0971. The Hall–Kier alpha value is -4.06. The zero-order valence-electron chi connectivity index (χ0n) is 23.5. The SMILES string of the molecule is CCOc1cc(C2c3c(oc4cc(C)c(C)cc4c3=O)C(=O)N2c2ccc(C)cc2)ccc1OCCC(C)C. The van der Waals surface area contributed by atoms with Crippen LogP contribution in [0.1, 0.15) is 71.6 Å². The summed E-state index contributed by atoms with van der Waals surface area (Å²) >= 11 is 0. The van der Waals surface area contributed by atoms with Gasteiger partial charge in [-0.05, 0) is 93.1 Å². The van der Waals surface area contributed by atoms with Gasteiger partial charge in [-0.1, -0.05) is 37.6 Å². The van der Waals surface area contributed by atoms with E-state index in [0.717, 1.165) is 28.7 Å². The van der Waals surface area contributed by atoms with Gasteiger partial charge in [0.15, 0.2) is 16.9 Å². The highest BCUT2D eigenvalue weighted by atomic mass is 16.5. The molecular formula is C33H35NO5. The average Bonchev–Trinajstić information content (AvgIpc) is 3.19. The van der Waals surface area contributed by atoms with Crippen molar-refractivity contribution in [3.05, 3.63) is 98.4 Å². The van der Waals surface area contributed by atoms with E-state index in [4.69, 9.17) is 13.9 Å². The van der Waals surface area contributed by atoms with Gasteiger partial charge in [-0.3, -0.25) is 14.5 Å². The number of fused-ring (bicyclic) bond motifs is 2. The number of rotatable bonds is 8. The molecule has 1 aliphatic heterocycles. The molecule has 3 aromatic carbocycles. The molecule has 0 radical (unpaired) electrons.